The SMILES string of the molecule is CCC(N)C(Oc1cccc(OC)c1)c1ccc(Br)cc1. The monoisotopic (exact) mass is 349 g/mol. The Morgan fingerprint density at radius 1 is 1.10 bits per heavy atom. The van der Waals surface area contributed by atoms with E-state index in [1.54, 1.807) is 7.11 Å². The normalized spacial score (nSPS) is 13.5. The zero-order valence-corrected chi connectivity index (χ0v) is 13.8. The molecule has 0 saturated heterocycles. The van der Waals surface area contributed by atoms with Crippen molar-refractivity contribution in [2.45, 2.75) is 25.5 Å². The molecule has 2 atom stereocenters. The van der Waals surface area contributed by atoms with E-state index >= 15 is 0 Å². The topological polar surface area (TPSA) is 44.5 Å². The molecule has 0 saturated carbocycles. The van der Waals surface area contributed by atoms with Gasteiger partial charge < -0.3 is 15.2 Å². The third-order valence-corrected chi connectivity index (χ3v) is 3.89. The molecule has 112 valence electrons. The molecule has 0 amide bonds. The first-order valence-electron chi connectivity index (χ1n) is 6.95. The fourth-order valence-electron chi connectivity index (χ4n) is 2.09. The van der Waals surface area contributed by atoms with Crippen LogP contribution in [-0.4, -0.2) is 13.2 Å². The van der Waals surface area contributed by atoms with Crippen LogP contribution in [0.15, 0.2) is 53.0 Å². The highest BCUT2D eigenvalue weighted by Gasteiger charge is 2.20. The van der Waals surface area contributed by atoms with E-state index in [0.29, 0.717) is 0 Å². The number of nitrogens with two attached hydrogens (primary N) is 1. The number of halogens is 1. The number of ether oxygens (including phenoxy) is 2. The summed E-state index contributed by atoms with van der Waals surface area (Å²) in [5, 5.41) is 0. The van der Waals surface area contributed by atoms with Crippen molar-refractivity contribution in [1.82, 2.24) is 0 Å². The molecule has 3 nitrogen and oxygen atoms in total. The highest BCUT2D eigenvalue weighted by molar-refractivity contribution is 9.10. The molecule has 2 N–H and O–H groups in total. The Morgan fingerprint density at radius 3 is 2.38 bits per heavy atom. The molecule has 2 aromatic carbocycles. The summed E-state index contributed by atoms with van der Waals surface area (Å²) in [4.78, 5) is 0. The van der Waals surface area contributed by atoms with Gasteiger partial charge >= 0.3 is 0 Å². The van der Waals surface area contributed by atoms with Crippen molar-refractivity contribution in [3.05, 3.63) is 58.6 Å². The summed E-state index contributed by atoms with van der Waals surface area (Å²) in [7, 11) is 1.64. The first-order valence-corrected chi connectivity index (χ1v) is 7.75. The summed E-state index contributed by atoms with van der Waals surface area (Å²) in [6.45, 7) is 2.06. The highest BCUT2D eigenvalue weighted by Crippen LogP contribution is 2.28. The van der Waals surface area contributed by atoms with Crippen molar-refractivity contribution in [3.63, 3.8) is 0 Å². The molecule has 0 heterocycles. The largest absolute Gasteiger partial charge is 0.497 e. The first-order chi connectivity index (χ1) is 10.1. The number of benzene rings is 2. The predicted octanol–water partition coefficient (Wildman–Crippen LogP) is 4.32. The molecule has 0 aliphatic carbocycles. The summed E-state index contributed by atoms with van der Waals surface area (Å²) >= 11 is 3.45. The minimum absolute atomic E-state index is 0.0719. The van der Waals surface area contributed by atoms with E-state index in [-0.39, 0.29) is 12.1 Å². The Bertz CT molecular complexity index is 571. The fraction of sp³-hybridized carbons (Fsp3) is 0.294. The Hall–Kier alpha value is -1.52. The molecule has 2 rings (SSSR count). The van der Waals surface area contributed by atoms with Crippen LogP contribution >= 0.6 is 15.9 Å². The molecular formula is C17H20BrNO2. The van der Waals surface area contributed by atoms with Gasteiger partial charge in [-0.25, -0.2) is 0 Å². The van der Waals surface area contributed by atoms with Crippen LogP contribution < -0.4 is 15.2 Å². The van der Waals surface area contributed by atoms with Gasteiger partial charge in [-0.2, -0.15) is 0 Å². The summed E-state index contributed by atoms with van der Waals surface area (Å²) in [6.07, 6.45) is 0.653. The van der Waals surface area contributed by atoms with Crippen LogP contribution in [0.4, 0.5) is 0 Å². The number of hydrogen-bond acceptors (Lipinski definition) is 3. The second-order valence-corrected chi connectivity index (χ2v) is 5.76. The van der Waals surface area contributed by atoms with Crippen LogP contribution in [0.2, 0.25) is 0 Å². The van der Waals surface area contributed by atoms with Crippen molar-refractivity contribution >= 4 is 15.9 Å². The highest BCUT2D eigenvalue weighted by atomic mass is 79.9. The second-order valence-electron chi connectivity index (χ2n) is 4.84. The number of hydrogen-bond donors (Lipinski definition) is 1. The number of rotatable bonds is 6. The zero-order chi connectivity index (χ0) is 15.2. The average Bonchev–Trinajstić information content (AvgIpc) is 2.53. The third kappa shape index (κ3) is 4.22. The van der Waals surface area contributed by atoms with Crippen molar-refractivity contribution in [1.29, 1.82) is 0 Å². The van der Waals surface area contributed by atoms with Gasteiger partial charge in [0.2, 0.25) is 0 Å². The van der Waals surface area contributed by atoms with Crippen molar-refractivity contribution in [3.8, 4) is 11.5 Å². The lowest BCUT2D eigenvalue weighted by molar-refractivity contribution is 0.170. The maximum absolute atomic E-state index is 6.24. The van der Waals surface area contributed by atoms with Crippen LogP contribution in [0.1, 0.15) is 25.0 Å². The zero-order valence-electron chi connectivity index (χ0n) is 12.3. The summed E-state index contributed by atoms with van der Waals surface area (Å²) in [5.41, 5.74) is 7.30. The molecule has 2 unspecified atom stereocenters. The number of methoxy groups -OCH3 is 1. The van der Waals surface area contributed by atoms with Gasteiger partial charge in [-0.05, 0) is 36.2 Å². The quantitative estimate of drug-likeness (QED) is 0.844. The summed E-state index contributed by atoms with van der Waals surface area (Å²) < 4.78 is 12.4. The molecule has 0 aliphatic heterocycles. The van der Waals surface area contributed by atoms with Crippen molar-refractivity contribution < 1.29 is 9.47 Å². The lowest BCUT2D eigenvalue weighted by Crippen LogP contribution is -2.31. The van der Waals surface area contributed by atoms with Gasteiger partial charge in [0.15, 0.2) is 0 Å². The minimum atomic E-state index is -0.185. The maximum Gasteiger partial charge on any atom is 0.139 e. The van der Waals surface area contributed by atoms with E-state index in [4.69, 9.17) is 15.2 Å². The van der Waals surface area contributed by atoms with Crippen LogP contribution in [0.3, 0.4) is 0 Å². The van der Waals surface area contributed by atoms with Gasteiger partial charge in [0, 0.05) is 16.6 Å². The standard InChI is InChI=1S/C17H20BrNO2/c1-3-16(19)17(12-7-9-13(18)10-8-12)21-15-6-4-5-14(11-15)20-2/h4-11,16-17H,3,19H2,1-2H3. The Kier molecular flexibility index (Phi) is 5.65. The minimum Gasteiger partial charge on any atom is -0.497 e. The molecule has 0 aromatic heterocycles. The summed E-state index contributed by atoms with van der Waals surface area (Å²) in [6, 6.07) is 15.6. The molecule has 0 fully saturated rings. The van der Waals surface area contributed by atoms with E-state index in [2.05, 4.69) is 22.9 Å². The van der Waals surface area contributed by atoms with Gasteiger partial charge in [0.05, 0.1) is 7.11 Å². The van der Waals surface area contributed by atoms with Gasteiger partial charge in [0.1, 0.15) is 17.6 Å². The van der Waals surface area contributed by atoms with Crippen LogP contribution in [-0.2, 0) is 0 Å². The van der Waals surface area contributed by atoms with E-state index in [0.717, 1.165) is 28.0 Å². The Labute approximate surface area is 134 Å². The van der Waals surface area contributed by atoms with E-state index < -0.39 is 0 Å². The summed E-state index contributed by atoms with van der Waals surface area (Å²) in [5.74, 6) is 1.53. The second kappa shape index (κ2) is 7.48. The van der Waals surface area contributed by atoms with E-state index in [1.807, 2.05) is 48.5 Å². The molecule has 0 radical (unpaired) electrons. The lowest BCUT2D eigenvalue weighted by Gasteiger charge is -2.25. The molecule has 0 spiro atoms. The molecule has 2 aromatic rings. The van der Waals surface area contributed by atoms with E-state index in [1.165, 1.54) is 0 Å². The average molecular weight is 350 g/mol. The molecule has 4 heteroatoms. The van der Waals surface area contributed by atoms with Gasteiger partial charge in [-0.3, -0.25) is 0 Å². The molecule has 0 aliphatic rings. The molecule has 21 heavy (non-hydrogen) atoms. The Balaban J connectivity index is 2.25. The predicted molar refractivity (Wildman–Crippen MR) is 88.8 cm³/mol. The smallest absolute Gasteiger partial charge is 0.139 e. The van der Waals surface area contributed by atoms with Gasteiger partial charge in [0.25, 0.3) is 0 Å². The van der Waals surface area contributed by atoms with E-state index in [9.17, 15) is 0 Å². The Morgan fingerprint density at radius 2 is 1.76 bits per heavy atom. The molecule has 0 bridgehead atoms. The lowest BCUT2D eigenvalue weighted by atomic mass is 10.0. The third-order valence-electron chi connectivity index (χ3n) is 3.36. The van der Waals surface area contributed by atoms with Crippen molar-refractivity contribution in [2.75, 3.05) is 7.11 Å². The van der Waals surface area contributed by atoms with Crippen LogP contribution in [0, 0.1) is 0 Å². The molecular weight excluding hydrogens is 330 g/mol. The maximum atomic E-state index is 6.24. The van der Waals surface area contributed by atoms with Gasteiger partial charge in [-0.1, -0.05) is 41.1 Å². The fourth-order valence-corrected chi connectivity index (χ4v) is 2.35. The van der Waals surface area contributed by atoms with Crippen LogP contribution in [0.25, 0.3) is 0 Å². The van der Waals surface area contributed by atoms with Crippen LogP contribution in [0.5, 0.6) is 11.5 Å². The van der Waals surface area contributed by atoms with Crippen molar-refractivity contribution in [2.24, 2.45) is 5.73 Å². The first kappa shape index (κ1) is 15.9. The van der Waals surface area contributed by atoms with Gasteiger partial charge in [-0.15, -0.1) is 0 Å².